The number of Topliss-reactive ketones (excluding diaryl/α,β-unsaturated/α-hetero) is 1. The molecule has 0 bridgehead atoms. The minimum Gasteiger partial charge on any atom is -0.481 e. The minimum absolute atomic E-state index is 0.00644. The van der Waals surface area contributed by atoms with Gasteiger partial charge in [0.15, 0.2) is 0 Å². The maximum atomic E-state index is 12.0. The molecule has 238 valence electrons. The molecule has 0 radical (unpaired) electrons. The highest BCUT2D eigenvalue weighted by Gasteiger charge is 2.59. The lowest BCUT2D eigenvalue weighted by atomic mass is 9.47. The maximum Gasteiger partial charge on any atom is 0.306 e. The van der Waals surface area contributed by atoms with E-state index in [-0.39, 0.29) is 44.2 Å². The van der Waals surface area contributed by atoms with Crippen molar-refractivity contribution in [2.75, 3.05) is 13.2 Å². The summed E-state index contributed by atoms with van der Waals surface area (Å²) in [6, 6.07) is 0. The molecular formula is C36H58O6. The van der Waals surface area contributed by atoms with Gasteiger partial charge in [-0.05, 0) is 97.7 Å². The standard InChI is InChI=1S/C36H58O6/c1-24(2)7-6-8-25(3)30-13-14-31-29-12-9-26-23-28(17-19-35(26,4)32(29)18-20-36(30,31)5)41-21-22-42-34(40)16-11-27(37)10-15-33(38)39/h9,24-25,28-32H,6-8,10-23H2,1-5H3,(H,38,39)/t25-,28+,29+,30-,31+,32+,35+,36-/m1/s1. The zero-order chi connectivity index (χ0) is 30.5. The van der Waals surface area contributed by atoms with Crippen LogP contribution in [-0.2, 0) is 23.9 Å². The van der Waals surface area contributed by atoms with Crippen molar-refractivity contribution in [1.82, 2.24) is 0 Å². The van der Waals surface area contributed by atoms with Gasteiger partial charge in [0.05, 0.1) is 25.6 Å². The third kappa shape index (κ3) is 7.68. The number of carboxylic acid groups (broad SMARTS) is 1. The molecule has 0 aliphatic heterocycles. The molecular weight excluding hydrogens is 528 g/mol. The number of ether oxygens (including phenoxy) is 2. The second-order valence-corrected chi connectivity index (χ2v) is 15.2. The molecule has 4 aliphatic rings. The molecule has 0 aromatic heterocycles. The minimum atomic E-state index is -1.00. The van der Waals surface area contributed by atoms with E-state index >= 15 is 0 Å². The lowest BCUT2D eigenvalue weighted by Gasteiger charge is -2.58. The van der Waals surface area contributed by atoms with Crippen LogP contribution in [0.5, 0.6) is 0 Å². The van der Waals surface area contributed by atoms with Gasteiger partial charge in [-0.2, -0.15) is 0 Å². The van der Waals surface area contributed by atoms with Crippen molar-refractivity contribution in [3.8, 4) is 0 Å². The second kappa shape index (κ2) is 14.4. The summed E-state index contributed by atoms with van der Waals surface area (Å²) in [5.41, 5.74) is 2.42. The van der Waals surface area contributed by atoms with Gasteiger partial charge in [0, 0.05) is 12.8 Å². The number of hydrogen-bond acceptors (Lipinski definition) is 5. The highest BCUT2D eigenvalue weighted by molar-refractivity contribution is 5.85. The maximum absolute atomic E-state index is 12.0. The molecule has 0 saturated heterocycles. The van der Waals surface area contributed by atoms with E-state index in [1.807, 2.05) is 0 Å². The average molecular weight is 587 g/mol. The quantitative estimate of drug-likeness (QED) is 0.118. The number of carbonyl (C=O) groups is 3. The fourth-order valence-electron chi connectivity index (χ4n) is 9.85. The fourth-order valence-corrected chi connectivity index (χ4v) is 9.85. The van der Waals surface area contributed by atoms with E-state index in [1.54, 1.807) is 5.57 Å². The van der Waals surface area contributed by atoms with E-state index < -0.39 is 11.9 Å². The third-order valence-electron chi connectivity index (χ3n) is 12.2. The van der Waals surface area contributed by atoms with Crippen LogP contribution in [0.2, 0.25) is 0 Å². The van der Waals surface area contributed by atoms with Crippen LogP contribution in [0, 0.1) is 46.3 Å². The van der Waals surface area contributed by atoms with Crippen LogP contribution >= 0.6 is 0 Å². The molecule has 3 saturated carbocycles. The molecule has 0 aromatic rings. The van der Waals surface area contributed by atoms with Gasteiger partial charge in [0.25, 0.3) is 0 Å². The van der Waals surface area contributed by atoms with Gasteiger partial charge in [-0.1, -0.05) is 65.5 Å². The monoisotopic (exact) mass is 586 g/mol. The average Bonchev–Trinajstić information content (AvgIpc) is 3.30. The van der Waals surface area contributed by atoms with Crippen LogP contribution in [-0.4, -0.2) is 42.1 Å². The summed E-state index contributed by atoms with van der Waals surface area (Å²) in [6.45, 7) is 13.0. The van der Waals surface area contributed by atoms with Crippen molar-refractivity contribution in [2.24, 2.45) is 46.3 Å². The Morgan fingerprint density at radius 1 is 0.929 bits per heavy atom. The van der Waals surface area contributed by atoms with Crippen molar-refractivity contribution < 1.29 is 29.0 Å². The Kier molecular flexibility index (Phi) is 11.4. The molecule has 8 atom stereocenters. The van der Waals surface area contributed by atoms with Gasteiger partial charge in [-0.3, -0.25) is 14.4 Å². The first-order valence-electron chi connectivity index (χ1n) is 17.1. The van der Waals surface area contributed by atoms with E-state index in [4.69, 9.17) is 14.6 Å². The molecule has 0 heterocycles. The predicted octanol–water partition coefficient (Wildman–Crippen LogP) is 8.17. The SMILES string of the molecule is CC(C)CCC[C@@H](C)[C@H]1CC[C@H]2[C@@H]3CC=C4C[C@@H](OCCOC(=O)CCC(=O)CCC(=O)O)CC[C@]4(C)[C@H]3CC[C@]12C. The van der Waals surface area contributed by atoms with Gasteiger partial charge in [0.2, 0.25) is 0 Å². The van der Waals surface area contributed by atoms with E-state index in [2.05, 4.69) is 40.7 Å². The van der Waals surface area contributed by atoms with Crippen LogP contribution in [0.25, 0.3) is 0 Å². The fraction of sp³-hybridized carbons (Fsp3) is 0.861. The van der Waals surface area contributed by atoms with E-state index in [0.29, 0.717) is 17.4 Å². The van der Waals surface area contributed by atoms with Gasteiger partial charge >= 0.3 is 11.9 Å². The normalized spacial score (nSPS) is 34.6. The lowest BCUT2D eigenvalue weighted by Crippen LogP contribution is -2.51. The molecule has 1 N–H and O–H groups in total. The number of ketones is 1. The largest absolute Gasteiger partial charge is 0.481 e. The zero-order valence-corrected chi connectivity index (χ0v) is 27.1. The Morgan fingerprint density at radius 3 is 2.43 bits per heavy atom. The Balaban J connectivity index is 1.23. The van der Waals surface area contributed by atoms with Gasteiger partial charge in [-0.15, -0.1) is 0 Å². The first-order chi connectivity index (χ1) is 19.9. The van der Waals surface area contributed by atoms with Gasteiger partial charge < -0.3 is 14.6 Å². The topological polar surface area (TPSA) is 89.9 Å². The highest BCUT2D eigenvalue weighted by Crippen LogP contribution is 2.67. The molecule has 3 fully saturated rings. The van der Waals surface area contributed by atoms with Gasteiger partial charge in [0.1, 0.15) is 12.4 Å². The van der Waals surface area contributed by atoms with E-state index in [9.17, 15) is 14.4 Å². The molecule has 0 spiro atoms. The summed E-state index contributed by atoms with van der Waals surface area (Å²) in [7, 11) is 0. The summed E-state index contributed by atoms with van der Waals surface area (Å²) in [6.07, 6.45) is 16.8. The summed E-state index contributed by atoms with van der Waals surface area (Å²) >= 11 is 0. The molecule has 0 aromatic carbocycles. The summed E-state index contributed by atoms with van der Waals surface area (Å²) < 4.78 is 11.4. The molecule has 6 nitrogen and oxygen atoms in total. The summed E-state index contributed by atoms with van der Waals surface area (Å²) in [4.78, 5) is 34.2. The van der Waals surface area contributed by atoms with Crippen LogP contribution in [0.15, 0.2) is 11.6 Å². The van der Waals surface area contributed by atoms with Crippen LogP contribution in [0.4, 0.5) is 0 Å². The second-order valence-electron chi connectivity index (χ2n) is 15.2. The zero-order valence-electron chi connectivity index (χ0n) is 27.1. The van der Waals surface area contributed by atoms with E-state index in [0.717, 1.165) is 48.3 Å². The van der Waals surface area contributed by atoms with Crippen molar-refractivity contribution in [2.45, 2.75) is 137 Å². The first kappa shape index (κ1) is 33.2. The number of aliphatic carboxylic acids is 1. The number of allylic oxidation sites excluding steroid dienone is 1. The van der Waals surface area contributed by atoms with E-state index in [1.165, 1.54) is 57.8 Å². The Hall–Kier alpha value is -1.69. The molecule has 0 unspecified atom stereocenters. The number of carboxylic acids is 1. The number of carbonyl (C=O) groups excluding carboxylic acids is 2. The number of rotatable bonds is 15. The molecule has 42 heavy (non-hydrogen) atoms. The Bertz CT molecular complexity index is 985. The van der Waals surface area contributed by atoms with Crippen molar-refractivity contribution in [1.29, 1.82) is 0 Å². The molecule has 4 rings (SSSR count). The Morgan fingerprint density at radius 2 is 1.69 bits per heavy atom. The smallest absolute Gasteiger partial charge is 0.306 e. The van der Waals surface area contributed by atoms with Crippen LogP contribution < -0.4 is 0 Å². The van der Waals surface area contributed by atoms with Crippen molar-refractivity contribution in [3.63, 3.8) is 0 Å². The summed E-state index contributed by atoms with van der Waals surface area (Å²) in [5.74, 6) is 3.40. The van der Waals surface area contributed by atoms with Gasteiger partial charge in [-0.25, -0.2) is 0 Å². The van der Waals surface area contributed by atoms with Crippen molar-refractivity contribution >= 4 is 17.7 Å². The number of fused-ring (bicyclic) bond motifs is 5. The Labute approximate surface area is 254 Å². The number of esters is 1. The highest BCUT2D eigenvalue weighted by atomic mass is 16.6. The molecule has 4 aliphatic carbocycles. The molecule has 0 amide bonds. The first-order valence-corrected chi connectivity index (χ1v) is 17.1. The van der Waals surface area contributed by atoms with Crippen molar-refractivity contribution in [3.05, 3.63) is 11.6 Å². The molecule has 6 heteroatoms. The predicted molar refractivity (Wildman–Crippen MR) is 165 cm³/mol. The van der Waals surface area contributed by atoms with Crippen LogP contribution in [0.1, 0.15) is 131 Å². The number of hydrogen-bond donors (Lipinski definition) is 1. The third-order valence-corrected chi connectivity index (χ3v) is 12.2. The lowest BCUT2D eigenvalue weighted by molar-refractivity contribution is -0.147. The summed E-state index contributed by atoms with van der Waals surface area (Å²) in [5, 5.41) is 8.66. The van der Waals surface area contributed by atoms with Crippen LogP contribution in [0.3, 0.4) is 0 Å².